The molecule has 2 nitrogen and oxygen atoms in total. The van der Waals surface area contributed by atoms with E-state index >= 15 is 0 Å². The molecule has 0 N–H and O–H groups in total. The first kappa shape index (κ1) is 14.7. The van der Waals surface area contributed by atoms with E-state index in [2.05, 4.69) is 26.5 Å². The summed E-state index contributed by atoms with van der Waals surface area (Å²) < 4.78 is 11.7. The topological polar surface area (TPSA) is 18.5 Å². The zero-order valence-electron chi connectivity index (χ0n) is 11.9. The number of ether oxygens (including phenoxy) is 2. The minimum Gasteiger partial charge on any atom is -0.381 e. The van der Waals surface area contributed by atoms with Crippen LogP contribution >= 0.6 is 12.6 Å². The van der Waals surface area contributed by atoms with E-state index in [1.54, 1.807) is 0 Å². The van der Waals surface area contributed by atoms with Crippen molar-refractivity contribution >= 4 is 12.6 Å². The third-order valence-electron chi connectivity index (χ3n) is 5.06. The molecule has 0 amide bonds. The number of rotatable bonds is 4. The molecule has 18 heavy (non-hydrogen) atoms. The first-order chi connectivity index (χ1) is 8.65. The summed E-state index contributed by atoms with van der Waals surface area (Å²) in [7, 11) is 0. The average Bonchev–Trinajstić information content (AvgIpc) is 2.41. The van der Waals surface area contributed by atoms with E-state index in [1.807, 2.05) is 0 Å². The Morgan fingerprint density at radius 2 is 1.89 bits per heavy atom. The summed E-state index contributed by atoms with van der Waals surface area (Å²) in [5.74, 6) is 2.60. The van der Waals surface area contributed by atoms with Crippen molar-refractivity contribution in [2.24, 2.45) is 17.3 Å². The Morgan fingerprint density at radius 3 is 2.50 bits per heavy atom. The van der Waals surface area contributed by atoms with Crippen LogP contribution in [0.15, 0.2) is 0 Å². The van der Waals surface area contributed by atoms with Crippen LogP contribution in [0, 0.1) is 17.3 Å². The van der Waals surface area contributed by atoms with E-state index in [0.717, 1.165) is 50.3 Å². The van der Waals surface area contributed by atoms with Crippen molar-refractivity contribution in [3.05, 3.63) is 0 Å². The summed E-state index contributed by atoms with van der Waals surface area (Å²) in [6, 6.07) is 0. The smallest absolute Gasteiger partial charge is 0.0578 e. The molecule has 1 saturated heterocycles. The third kappa shape index (κ3) is 3.64. The Morgan fingerprint density at radius 1 is 1.17 bits per heavy atom. The minimum atomic E-state index is 0.271. The monoisotopic (exact) mass is 272 g/mol. The SMILES string of the molecule is CC1CCC(OCC2(CS)CCOCC2)CC1C. The Bertz CT molecular complexity index is 251. The van der Waals surface area contributed by atoms with Crippen molar-refractivity contribution in [2.75, 3.05) is 25.6 Å². The van der Waals surface area contributed by atoms with Crippen molar-refractivity contribution in [2.45, 2.75) is 52.1 Å². The first-order valence-corrected chi connectivity index (χ1v) is 8.09. The summed E-state index contributed by atoms with van der Waals surface area (Å²) in [5, 5.41) is 0. The fourth-order valence-electron chi connectivity index (χ4n) is 3.10. The zero-order chi connectivity index (χ0) is 13.0. The predicted octanol–water partition coefficient (Wildman–Crippen LogP) is 3.55. The summed E-state index contributed by atoms with van der Waals surface area (Å²) >= 11 is 4.54. The van der Waals surface area contributed by atoms with Crippen LogP contribution in [0.4, 0.5) is 0 Å². The van der Waals surface area contributed by atoms with Crippen LogP contribution in [-0.4, -0.2) is 31.7 Å². The fraction of sp³-hybridized carbons (Fsp3) is 1.00. The highest BCUT2D eigenvalue weighted by molar-refractivity contribution is 7.80. The van der Waals surface area contributed by atoms with Gasteiger partial charge in [-0.1, -0.05) is 13.8 Å². The van der Waals surface area contributed by atoms with Gasteiger partial charge in [0.15, 0.2) is 0 Å². The highest BCUT2D eigenvalue weighted by atomic mass is 32.1. The lowest BCUT2D eigenvalue weighted by Gasteiger charge is -2.38. The van der Waals surface area contributed by atoms with Gasteiger partial charge in [-0.25, -0.2) is 0 Å². The lowest BCUT2D eigenvalue weighted by Crippen LogP contribution is -2.38. The normalized spacial score (nSPS) is 36.5. The van der Waals surface area contributed by atoms with Crippen LogP contribution in [0.2, 0.25) is 0 Å². The molecule has 0 aromatic carbocycles. The molecule has 0 spiro atoms. The van der Waals surface area contributed by atoms with E-state index in [-0.39, 0.29) is 5.41 Å². The third-order valence-corrected chi connectivity index (χ3v) is 5.73. The molecule has 0 aromatic heterocycles. The van der Waals surface area contributed by atoms with Crippen molar-refractivity contribution in [3.63, 3.8) is 0 Å². The molecule has 1 saturated carbocycles. The Labute approximate surface area is 117 Å². The van der Waals surface area contributed by atoms with E-state index < -0.39 is 0 Å². The van der Waals surface area contributed by atoms with Gasteiger partial charge in [-0.2, -0.15) is 12.6 Å². The summed E-state index contributed by atoms with van der Waals surface area (Å²) in [6.07, 6.45) is 6.49. The molecule has 0 radical (unpaired) electrons. The van der Waals surface area contributed by atoms with Gasteiger partial charge in [-0.15, -0.1) is 0 Å². The van der Waals surface area contributed by atoms with Gasteiger partial charge in [0.1, 0.15) is 0 Å². The minimum absolute atomic E-state index is 0.271. The molecule has 1 heterocycles. The molecule has 0 bridgehead atoms. The van der Waals surface area contributed by atoms with E-state index in [4.69, 9.17) is 9.47 Å². The Balaban J connectivity index is 1.79. The molecule has 1 aliphatic heterocycles. The molecule has 2 aliphatic rings. The van der Waals surface area contributed by atoms with Crippen LogP contribution in [0.1, 0.15) is 46.0 Å². The Kier molecular flexibility index (Phi) is 5.40. The number of hydrogen-bond acceptors (Lipinski definition) is 3. The van der Waals surface area contributed by atoms with Crippen LogP contribution in [0.3, 0.4) is 0 Å². The van der Waals surface area contributed by atoms with Crippen LogP contribution in [0.25, 0.3) is 0 Å². The van der Waals surface area contributed by atoms with Crippen LogP contribution < -0.4 is 0 Å². The van der Waals surface area contributed by atoms with E-state index in [0.29, 0.717) is 6.10 Å². The molecule has 3 unspecified atom stereocenters. The molecular formula is C15H28O2S. The standard InChI is InChI=1S/C15H28O2S/c1-12-3-4-14(9-13(12)2)17-10-15(11-18)5-7-16-8-6-15/h12-14,18H,3-11H2,1-2H3. The fourth-order valence-corrected chi connectivity index (χ4v) is 3.50. The molecule has 1 aliphatic carbocycles. The van der Waals surface area contributed by atoms with Gasteiger partial charge in [-0.3, -0.25) is 0 Å². The molecular weight excluding hydrogens is 244 g/mol. The summed E-state index contributed by atoms with van der Waals surface area (Å²) in [5.41, 5.74) is 0.271. The molecule has 3 heteroatoms. The molecule has 106 valence electrons. The second kappa shape index (κ2) is 6.62. The lowest BCUT2D eigenvalue weighted by molar-refractivity contribution is -0.0695. The van der Waals surface area contributed by atoms with E-state index in [1.165, 1.54) is 19.3 Å². The van der Waals surface area contributed by atoms with Gasteiger partial charge in [0, 0.05) is 18.6 Å². The molecule has 0 aromatic rings. The Hall–Kier alpha value is 0.270. The molecule has 2 rings (SSSR count). The number of hydrogen-bond donors (Lipinski definition) is 1. The summed E-state index contributed by atoms with van der Waals surface area (Å²) in [6.45, 7) is 7.37. The lowest BCUT2D eigenvalue weighted by atomic mass is 9.79. The maximum atomic E-state index is 6.23. The predicted molar refractivity (Wildman–Crippen MR) is 78.3 cm³/mol. The van der Waals surface area contributed by atoms with Crippen molar-refractivity contribution in [1.29, 1.82) is 0 Å². The second-order valence-electron chi connectivity index (χ2n) is 6.47. The second-order valence-corrected chi connectivity index (χ2v) is 6.79. The number of thiol groups is 1. The van der Waals surface area contributed by atoms with Crippen molar-refractivity contribution < 1.29 is 9.47 Å². The van der Waals surface area contributed by atoms with Gasteiger partial charge in [0.2, 0.25) is 0 Å². The maximum absolute atomic E-state index is 6.23. The molecule has 3 atom stereocenters. The van der Waals surface area contributed by atoms with Gasteiger partial charge >= 0.3 is 0 Å². The maximum Gasteiger partial charge on any atom is 0.0578 e. The molecule has 2 fully saturated rings. The van der Waals surface area contributed by atoms with E-state index in [9.17, 15) is 0 Å². The van der Waals surface area contributed by atoms with Gasteiger partial charge in [-0.05, 0) is 49.7 Å². The van der Waals surface area contributed by atoms with Crippen LogP contribution in [0.5, 0.6) is 0 Å². The quantitative estimate of drug-likeness (QED) is 0.789. The highest BCUT2D eigenvalue weighted by Gasteiger charge is 2.33. The van der Waals surface area contributed by atoms with Gasteiger partial charge < -0.3 is 9.47 Å². The largest absolute Gasteiger partial charge is 0.381 e. The van der Waals surface area contributed by atoms with Crippen molar-refractivity contribution in [3.8, 4) is 0 Å². The van der Waals surface area contributed by atoms with Crippen LogP contribution in [-0.2, 0) is 9.47 Å². The summed E-state index contributed by atoms with van der Waals surface area (Å²) in [4.78, 5) is 0. The van der Waals surface area contributed by atoms with Gasteiger partial charge in [0.05, 0.1) is 12.7 Å². The first-order valence-electron chi connectivity index (χ1n) is 7.45. The highest BCUT2D eigenvalue weighted by Crippen LogP contribution is 2.35. The average molecular weight is 272 g/mol. The van der Waals surface area contributed by atoms with Gasteiger partial charge in [0.25, 0.3) is 0 Å². The zero-order valence-corrected chi connectivity index (χ0v) is 12.8. The van der Waals surface area contributed by atoms with Crippen molar-refractivity contribution in [1.82, 2.24) is 0 Å².